The summed E-state index contributed by atoms with van der Waals surface area (Å²) in [6.45, 7) is 18.0. The summed E-state index contributed by atoms with van der Waals surface area (Å²) >= 11 is 1.61. The van der Waals surface area contributed by atoms with E-state index < -0.39 is 5.60 Å². The lowest BCUT2D eigenvalue weighted by Gasteiger charge is -2.39. The van der Waals surface area contributed by atoms with Crippen LogP contribution in [0.5, 0.6) is 0 Å². The van der Waals surface area contributed by atoms with Crippen LogP contribution in [0.2, 0.25) is 0 Å². The molecule has 3 aromatic carbocycles. The van der Waals surface area contributed by atoms with Gasteiger partial charge in [-0.15, -0.1) is 0 Å². The van der Waals surface area contributed by atoms with Crippen LogP contribution in [0.25, 0.3) is 10.8 Å². The predicted molar refractivity (Wildman–Crippen MR) is 192 cm³/mol. The first-order chi connectivity index (χ1) is 22.5. The van der Waals surface area contributed by atoms with Gasteiger partial charge in [0.15, 0.2) is 0 Å². The van der Waals surface area contributed by atoms with Gasteiger partial charge in [0.25, 0.3) is 5.91 Å². The predicted octanol–water partition coefficient (Wildman–Crippen LogP) is 6.81. The molecule has 254 valence electrons. The maximum absolute atomic E-state index is 13.2. The van der Waals surface area contributed by atoms with Crippen LogP contribution in [0, 0.1) is 12.8 Å². The zero-order valence-electron chi connectivity index (χ0n) is 29.0. The van der Waals surface area contributed by atoms with Gasteiger partial charge < -0.3 is 19.9 Å². The highest BCUT2D eigenvalue weighted by molar-refractivity contribution is 7.97. The molecule has 3 amide bonds. The van der Waals surface area contributed by atoms with Crippen molar-refractivity contribution in [3.05, 3.63) is 71.8 Å². The second-order valence-electron chi connectivity index (χ2n) is 13.1. The Balaban J connectivity index is 0.00000245. The van der Waals surface area contributed by atoms with Gasteiger partial charge in [-0.25, -0.2) is 4.79 Å². The number of hydrogen-bond donors (Lipinski definition) is 2. The first kappa shape index (κ1) is 36.2. The number of benzene rings is 3. The van der Waals surface area contributed by atoms with Gasteiger partial charge in [-0.1, -0.05) is 63.2 Å². The number of rotatable bonds is 7. The summed E-state index contributed by atoms with van der Waals surface area (Å²) in [5, 5.41) is 5.17. The Morgan fingerprint density at radius 3 is 2.19 bits per heavy atom. The number of carbonyl (C=O) groups is 3. The number of aryl methyl sites for hydroxylation is 1. The minimum absolute atomic E-state index is 0.116. The molecule has 0 saturated carbocycles. The second-order valence-corrected chi connectivity index (χ2v) is 14.0. The molecule has 2 heterocycles. The van der Waals surface area contributed by atoms with Gasteiger partial charge in [0.1, 0.15) is 5.60 Å². The molecule has 2 aliphatic heterocycles. The van der Waals surface area contributed by atoms with Crippen molar-refractivity contribution in [3.8, 4) is 0 Å². The third kappa shape index (κ3) is 9.72. The maximum Gasteiger partial charge on any atom is 0.410 e. The van der Waals surface area contributed by atoms with E-state index in [9.17, 15) is 14.4 Å². The molecule has 2 atom stereocenters. The molecule has 3 aromatic rings. The molecular weight excluding hydrogens is 611 g/mol. The van der Waals surface area contributed by atoms with Crippen LogP contribution in [0.15, 0.2) is 65.6 Å². The lowest BCUT2D eigenvalue weighted by molar-refractivity contribution is -0.134. The van der Waals surface area contributed by atoms with E-state index >= 15 is 0 Å². The standard InChI is InChI=1S/C35H45N5O4S.C2H6/c1-24-10-6-7-11-26(24)33(42)36-30-14-15-31(28-13-9-8-12-27(28)30)45-37-29-16-17-40(22-25(29)2)32(41)23-38-18-20-39(21-19-38)34(43)44-35(3,4)5;1-2/h6-15,25,29,37H,16-23H2,1-5H3,(H,36,42);1-2H3/t25-,29?;/m1./s1. The average molecular weight is 662 g/mol. The minimum Gasteiger partial charge on any atom is -0.444 e. The van der Waals surface area contributed by atoms with Gasteiger partial charge in [-0.3, -0.25) is 19.2 Å². The van der Waals surface area contributed by atoms with E-state index in [2.05, 4.69) is 34.0 Å². The van der Waals surface area contributed by atoms with Crippen LogP contribution in [0.1, 0.15) is 63.9 Å². The molecule has 10 heteroatoms. The highest BCUT2D eigenvalue weighted by Crippen LogP contribution is 2.33. The molecule has 2 fully saturated rings. The molecule has 2 N–H and O–H groups in total. The van der Waals surface area contributed by atoms with Gasteiger partial charge in [-0.2, -0.15) is 0 Å². The summed E-state index contributed by atoms with van der Waals surface area (Å²) in [4.78, 5) is 45.5. The van der Waals surface area contributed by atoms with Crippen LogP contribution in [-0.2, 0) is 9.53 Å². The number of hydrogen-bond acceptors (Lipinski definition) is 7. The number of amides is 3. The van der Waals surface area contributed by atoms with E-state index in [1.807, 2.05) is 95.0 Å². The fraction of sp³-hybridized carbons (Fsp3) is 0.486. The summed E-state index contributed by atoms with van der Waals surface area (Å²) in [7, 11) is 0. The summed E-state index contributed by atoms with van der Waals surface area (Å²) in [5.41, 5.74) is 1.88. The lowest BCUT2D eigenvalue weighted by Crippen LogP contribution is -2.54. The molecular formula is C37H51N5O4S. The highest BCUT2D eigenvalue weighted by Gasteiger charge is 2.31. The van der Waals surface area contributed by atoms with Gasteiger partial charge in [0.05, 0.1) is 6.54 Å². The van der Waals surface area contributed by atoms with Crippen LogP contribution < -0.4 is 10.0 Å². The van der Waals surface area contributed by atoms with Crippen molar-refractivity contribution in [2.75, 3.05) is 51.1 Å². The Hall–Kier alpha value is -3.60. The molecule has 0 spiro atoms. The van der Waals surface area contributed by atoms with E-state index in [-0.39, 0.29) is 29.9 Å². The Morgan fingerprint density at radius 1 is 0.872 bits per heavy atom. The summed E-state index contributed by atoms with van der Waals surface area (Å²) in [6.07, 6.45) is 0.582. The number of anilines is 1. The van der Waals surface area contributed by atoms with Gasteiger partial charge >= 0.3 is 6.09 Å². The fourth-order valence-electron chi connectivity index (χ4n) is 5.88. The number of piperazine rings is 1. The number of carbonyl (C=O) groups excluding carboxylic acids is 3. The molecule has 9 nitrogen and oxygen atoms in total. The van der Waals surface area contributed by atoms with Crippen LogP contribution in [0.4, 0.5) is 10.5 Å². The van der Waals surface area contributed by atoms with Crippen molar-refractivity contribution in [1.29, 1.82) is 0 Å². The molecule has 0 aliphatic carbocycles. The van der Waals surface area contributed by atoms with Crippen molar-refractivity contribution >= 4 is 46.3 Å². The number of fused-ring (bicyclic) bond motifs is 1. The van der Waals surface area contributed by atoms with Crippen LogP contribution in [0.3, 0.4) is 0 Å². The van der Waals surface area contributed by atoms with E-state index in [0.717, 1.165) is 33.3 Å². The first-order valence-corrected chi connectivity index (χ1v) is 17.6. The van der Waals surface area contributed by atoms with Crippen molar-refractivity contribution in [2.45, 2.75) is 71.4 Å². The molecule has 0 bridgehead atoms. The Morgan fingerprint density at radius 2 is 1.53 bits per heavy atom. The number of likely N-dealkylation sites (tertiary alicyclic amines) is 1. The van der Waals surface area contributed by atoms with Crippen molar-refractivity contribution in [3.63, 3.8) is 0 Å². The zero-order chi connectivity index (χ0) is 34.1. The molecule has 47 heavy (non-hydrogen) atoms. The zero-order valence-corrected chi connectivity index (χ0v) is 29.8. The highest BCUT2D eigenvalue weighted by atomic mass is 32.2. The van der Waals surface area contributed by atoms with Crippen LogP contribution >= 0.6 is 11.9 Å². The lowest BCUT2D eigenvalue weighted by atomic mass is 9.95. The maximum atomic E-state index is 13.2. The summed E-state index contributed by atoms with van der Waals surface area (Å²) < 4.78 is 9.17. The molecule has 0 radical (unpaired) electrons. The third-order valence-electron chi connectivity index (χ3n) is 8.48. The Labute approximate surface area is 284 Å². The molecule has 1 unspecified atom stereocenters. The number of nitrogens with one attached hydrogen (secondary N) is 2. The Bertz CT molecular complexity index is 1530. The smallest absolute Gasteiger partial charge is 0.410 e. The van der Waals surface area contributed by atoms with Gasteiger partial charge in [0.2, 0.25) is 5.91 Å². The van der Waals surface area contributed by atoms with Crippen molar-refractivity contribution in [1.82, 2.24) is 19.4 Å². The largest absolute Gasteiger partial charge is 0.444 e. The number of piperidine rings is 1. The molecule has 2 saturated heterocycles. The van der Waals surface area contributed by atoms with E-state index in [0.29, 0.717) is 51.4 Å². The van der Waals surface area contributed by atoms with Gasteiger partial charge in [-0.05, 0) is 81.1 Å². The fourth-order valence-corrected chi connectivity index (χ4v) is 6.93. The molecule has 5 rings (SSSR count). The van der Waals surface area contributed by atoms with Crippen molar-refractivity contribution < 1.29 is 19.1 Å². The minimum atomic E-state index is -0.514. The average Bonchev–Trinajstić information content (AvgIpc) is 3.05. The quantitative estimate of drug-likeness (QED) is 0.269. The molecule has 2 aliphatic rings. The van der Waals surface area contributed by atoms with Crippen molar-refractivity contribution in [2.24, 2.45) is 5.92 Å². The SMILES string of the molecule is CC.Cc1ccccc1C(=O)Nc1ccc(SNC2CCN(C(=O)CN3CCN(C(=O)OC(C)(C)C)CC3)C[C@H]2C)c2ccccc12. The summed E-state index contributed by atoms with van der Waals surface area (Å²) in [5.74, 6) is 0.320. The topological polar surface area (TPSA) is 94.2 Å². The number of ether oxygens (including phenoxy) is 1. The van der Waals surface area contributed by atoms with Gasteiger partial charge in [0, 0.05) is 66.8 Å². The summed E-state index contributed by atoms with van der Waals surface area (Å²) in [6, 6.07) is 20.0. The normalized spacial score (nSPS) is 18.7. The van der Waals surface area contributed by atoms with E-state index in [1.165, 1.54) is 0 Å². The molecule has 0 aromatic heterocycles. The Kier molecular flexibility index (Phi) is 12.7. The number of nitrogens with zero attached hydrogens (tertiary/aromatic N) is 3. The first-order valence-electron chi connectivity index (χ1n) is 16.8. The third-order valence-corrected chi connectivity index (χ3v) is 9.48. The van der Waals surface area contributed by atoms with E-state index in [1.54, 1.807) is 16.8 Å². The second kappa shape index (κ2) is 16.5. The van der Waals surface area contributed by atoms with E-state index in [4.69, 9.17) is 4.74 Å². The monoisotopic (exact) mass is 661 g/mol. The van der Waals surface area contributed by atoms with Crippen LogP contribution in [-0.4, -0.2) is 90.1 Å².